The normalized spacial score (nSPS) is 10.3. The first-order valence-electron chi connectivity index (χ1n) is 6.67. The molecule has 0 fully saturated rings. The molecule has 0 radical (unpaired) electrons. The van der Waals surface area contributed by atoms with Crippen LogP contribution in [0.1, 0.15) is 0 Å². The van der Waals surface area contributed by atoms with Crippen molar-refractivity contribution < 1.29 is 9.47 Å². The Morgan fingerprint density at radius 2 is 1.09 bits per heavy atom. The van der Waals surface area contributed by atoms with Gasteiger partial charge >= 0.3 is 0 Å². The molecule has 0 saturated carbocycles. The molecule has 2 nitrogen and oxygen atoms in total. The zero-order chi connectivity index (χ0) is 15.4. The van der Waals surface area contributed by atoms with Crippen LogP contribution in [-0.2, 0) is 0 Å². The van der Waals surface area contributed by atoms with Gasteiger partial charge < -0.3 is 9.47 Å². The molecule has 3 rings (SSSR count). The first kappa shape index (κ1) is 14.9. The van der Waals surface area contributed by atoms with E-state index in [1.54, 1.807) is 12.1 Å². The lowest BCUT2D eigenvalue weighted by atomic mass is 10.3. The molecule has 0 saturated heterocycles. The van der Waals surface area contributed by atoms with Crippen LogP contribution in [0.5, 0.6) is 23.0 Å². The van der Waals surface area contributed by atoms with Gasteiger partial charge in [-0.3, -0.25) is 0 Å². The smallest absolute Gasteiger partial charge is 0.146 e. The molecule has 0 aliphatic rings. The summed E-state index contributed by atoms with van der Waals surface area (Å²) in [5, 5.41) is 0.542. The van der Waals surface area contributed by atoms with E-state index >= 15 is 0 Å². The number of hydrogen-bond donors (Lipinski definition) is 0. The van der Waals surface area contributed by atoms with Crippen LogP contribution < -0.4 is 9.47 Å². The molecule has 0 unspecified atom stereocenters. The summed E-state index contributed by atoms with van der Waals surface area (Å²) in [6.45, 7) is 0. The van der Waals surface area contributed by atoms with Crippen molar-refractivity contribution in [2.24, 2.45) is 0 Å². The molecule has 0 atom stereocenters. The summed E-state index contributed by atoms with van der Waals surface area (Å²) in [7, 11) is 0. The molecule has 22 heavy (non-hydrogen) atoms. The van der Waals surface area contributed by atoms with Crippen molar-refractivity contribution in [3.63, 3.8) is 0 Å². The summed E-state index contributed by atoms with van der Waals surface area (Å²) >= 11 is 9.70. The molecule has 0 aliphatic heterocycles. The molecular weight excluding hydrogens is 364 g/mol. The van der Waals surface area contributed by atoms with Gasteiger partial charge in [0.2, 0.25) is 0 Å². The zero-order valence-electron chi connectivity index (χ0n) is 11.5. The Hall–Kier alpha value is -1.97. The second-order valence-electron chi connectivity index (χ2n) is 4.55. The quantitative estimate of drug-likeness (QED) is 0.506. The maximum absolute atomic E-state index is 6.17. The largest absolute Gasteiger partial charge is 0.456 e. The summed E-state index contributed by atoms with van der Waals surface area (Å²) in [5.74, 6) is 2.67. The lowest BCUT2D eigenvalue weighted by molar-refractivity contribution is 0.455. The lowest BCUT2D eigenvalue weighted by Gasteiger charge is -2.13. The van der Waals surface area contributed by atoms with Gasteiger partial charge in [-0.05, 0) is 40.2 Å². The Kier molecular flexibility index (Phi) is 4.66. The van der Waals surface area contributed by atoms with E-state index in [1.807, 2.05) is 60.7 Å². The number of ether oxygens (including phenoxy) is 2. The Morgan fingerprint density at radius 1 is 0.682 bits per heavy atom. The lowest BCUT2D eigenvalue weighted by Crippen LogP contribution is -1.90. The number of para-hydroxylation sites is 2. The monoisotopic (exact) mass is 374 g/mol. The van der Waals surface area contributed by atoms with Gasteiger partial charge in [0.1, 0.15) is 27.5 Å². The van der Waals surface area contributed by atoms with Crippen LogP contribution in [0.25, 0.3) is 0 Å². The molecule has 0 N–H and O–H groups in total. The molecule has 3 aromatic carbocycles. The highest BCUT2D eigenvalue weighted by atomic mass is 79.9. The molecule has 4 heteroatoms. The molecular formula is C18H12BrClO2. The van der Waals surface area contributed by atoms with Crippen LogP contribution in [0.4, 0.5) is 0 Å². The molecule has 0 aromatic heterocycles. The Morgan fingerprint density at radius 3 is 1.50 bits per heavy atom. The van der Waals surface area contributed by atoms with E-state index in [2.05, 4.69) is 15.9 Å². The maximum atomic E-state index is 6.17. The van der Waals surface area contributed by atoms with Crippen molar-refractivity contribution in [2.45, 2.75) is 0 Å². The van der Waals surface area contributed by atoms with Gasteiger partial charge in [0, 0.05) is 17.2 Å². The summed E-state index contributed by atoms with van der Waals surface area (Å²) in [6, 6.07) is 22.5. The fraction of sp³-hybridized carbons (Fsp3) is 0. The van der Waals surface area contributed by atoms with Crippen molar-refractivity contribution in [3.8, 4) is 23.0 Å². The summed E-state index contributed by atoms with van der Waals surface area (Å²) in [4.78, 5) is 0. The van der Waals surface area contributed by atoms with Crippen molar-refractivity contribution in [3.05, 3.63) is 82.3 Å². The molecule has 0 aliphatic carbocycles. The van der Waals surface area contributed by atoms with Gasteiger partial charge in [-0.15, -0.1) is 0 Å². The van der Waals surface area contributed by atoms with Gasteiger partial charge in [-0.1, -0.05) is 48.0 Å². The van der Waals surface area contributed by atoms with E-state index < -0.39 is 0 Å². The highest BCUT2D eigenvalue weighted by molar-refractivity contribution is 9.10. The minimum Gasteiger partial charge on any atom is -0.456 e. The fourth-order valence-corrected chi connectivity index (χ4v) is 2.51. The number of benzene rings is 3. The van der Waals surface area contributed by atoms with Gasteiger partial charge in [0.25, 0.3) is 0 Å². The molecule has 0 spiro atoms. The molecule has 0 bridgehead atoms. The SMILES string of the molecule is Clc1cc(Oc2ccccc2)c(Br)c(Oc2ccccc2)c1. The van der Waals surface area contributed by atoms with Crippen LogP contribution in [0.3, 0.4) is 0 Å². The Balaban J connectivity index is 1.92. The van der Waals surface area contributed by atoms with E-state index in [1.165, 1.54) is 0 Å². The van der Waals surface area contributed by atoms with Gasteiger partial charge in [-0.25, -0.2) is 0 Å². The average molecular weight is 376 g/mol. The zero-order valence-corrected chi connectivity index (χ0v) is 13.8. The van der Waals surface area contributed by atoms with Crippen LogP contribution in [0, 0.1) is 0 Å². The van der Waals surface area contributed by atoms with Crippen molar-refractivity contribution in [2.75, 3.05) is 0 Å². The minimum absolute atomic E-state index is 0.542. The maximum Gasteiger partial charge on any atom is 0.146 e. The number of hydrogen-bond acceptors (Lipinski definition) is 2. The van der Waals surface area contributed by atoms with Crippen LogP contribution in [-0.4, -0.2) is 0 Å². The fourth-order valence-electron chi connectivity index (χ4n) is 1.92. The molecule has 110 valence electrons. The second-order valence-corrected chi connectivity index (χ2v) is 5.78. The third-order valence-corrected chi connectivity index (χ3v) is 3.91. The molecule has 3 aromatic rings. The second kappa shape index (κ2) is 6.86. The van der Waals surface area contributed by atoms with Crippen LogP contribution in [0.2, 0.25) is 5.02 Å². The van der Waals surface area contributed by atoms with Crippen molar-refractivity contribution in [1.82, 2.24) is 0 Å². The summed E-state index contributed by atoms with van der Waals surface area (Å²) < 4.78 is 12.4. The van der Waals surface area contributed by atoms with Gasteiger partial charge in [0.05, 0.1) is 0 Å². The van der Waals surface area contributed by atoms with Gasteiger partial charge in [-0.2, -0.15) is 0 Å². The van der Waals surface area contributed by atoms with Crippen LogP contribution in [0.15, 0.2) is 77.3 Å². The predicted octanol–water partition coefficient (Wildman–Crippen LogP) is 6.69. The standard InChI is InChI=1S/C18H12BrClO2/c19-18-16(21-14-7-3-1-4-8-14)11-13(20)12-17(18)22-15-9-5-2-6-10-15/h1-12H. The highest BCUT2D eigenvalue weighted by Gasteiger charge is 2.12. The first-order valence-corrected chi connectivity index (χ1v) is 7.84. The highest BCUT2D eigenvalue weighted by Crippen LogP contribution is 2.41. The van der Waals surface area contributed by atoms with Crippen LogP contribution >= 0.6 is 27.5 Å². The Labute approximate surface area is 142 Å². The third-order valence-electron chi connectivity index (χ3n) is 2.91. The van der Waals surface area contributed by atoms with E-state index in [0.717, 1.165) is 11.5 Å². The predicted molar refractivity (Wildman–Crippen MR) is 92.2 cm³/mol. The summed E-state index contributed by atoms with van der Waals surface area (Å²) in [6.07, 6.45) is 0. The van der Waals surface area contributed by atoms with Crippen molar-refractivity contribution in [1.29, 1.82) is 0 Å². The number of rotatable bonds is 4. The molecule has 0 heterocycles. The van der Waals surface area contributed by atoms with E-state index in [0.29, 0.717) is 21.0 Å². The van der Waals surface area contributed by atoms with E-state index in [-0.39, 0.29) is 0 Å². The topological polar surface area (TPSA) is 18.5 Å². The van der Waals surface area contributed by atoms with Crippen molar-refractivity contribution >= 4 is 27.5 Å². The third kappa shape index (κ3) is 3.62. The van der Waals surface area contributed by atoms with E-state index in [4.69, 9.17) is 21.1 Å². The first-order chi connectivity index (χ1) is 10.7. The Bertz CT molecular complexity index is 698. The van der Waals surface area contributed by atoms with E-state index in [9.17, 15) is 0 Å². The molecule has 0 amide bonds. The summed E-state index contributed by atoms with van der Waals surface area (Å²) in [5.41, 5.74) is 0. The number of halogens is 2. The van der Waals surface area contributed by atoms with Gasteiger partial charge in [0.15, 0.2) is 0 Å². The minimum atomic E-state index is 0.542. The average Bonchev–Trinajstić information content (AvgIpc) is 2.54.